The first-order valence-electron chi connectivity index (χ1n) is 12.2. The Morgan fingerprint density at radius 2 is 1.88 bits per heavy atom. The maximum absolute atomic E-state index is 12.8. The molecule has 6 atom stereocenters. The third-order valence-electron chi connectivity index (χ3n) is 5.72. The molecule has 23 heteroatoms. The van der Waals surface area contributed by atoms with E-state index in [1.54, 1.807) is 6.07 Å². The Labute approximate surface area is 244 Å². The molecule has 0 spiro atoms. The third-order valence-corrected chi connectivity index (χ3v) is 9.52. The fraction of sp³-hybridized carbons (Fsp3) is 0.600. The molecule has 1 saturated heterocycles. The molecule has 2 unspecified atom stereocenters. The van der Waals surface area contributed by atoms with E-state index in [4.69, 9.17) is 24.7 Å². The van der Waals surface area contributed by atoms with Gasteiger partial charge in [-0.05, 0) is 32.4 Å². The van der Waals surface area contributed by atoms with Gasteiger partial charge in [-0.3, -0.25) is 14.7 Å². The molecule has 0 radical (unpaired) electrons. The van der Waals surface area contributed by atoms with Gasteiger partial charge in [-0.15, -0.1) is 0 Å². The molecule has 1 fully saturated rings. The van der Waals surface area contributed by atoms with Gasteiger partial charge in [0.15, 0.2) is 5.84 Å². The van der Waals surface area contributed by atoms with Crippen LogP contribution in [0.1, 0.15) is 45.0 Å². The molecule has 0 aromatic carbocycles. The summed E-state index contributed by atoms with van der Waals surface area (Å²) >= 11 is 0. The molecule has 9 N–H and O–H groups in total. The number of carbonyl (C=O) groups excluding carboxylic acids is 1. The number of hydrogen-bond acceptors (Lipinski definition) is 13. The smallest absolute Gasteiger partial charge is 0.387 e. The summed E-state index contributed by atoms with van der Waals surface area (Å²) in [6, 6.07) is 4.22. The summed E-state index contributed by atoms with van der Waals surface area (Å²) in [7, 11) is -17.1. The number of ether oxygens (including phenoxy) is 2. The average molecular weight is 675 g/mol. The third kappa shape index (κ3) is 9.91. The Morgan fingerprint density at radius 1 is 1.23 bits per heavy atom. The zero-order chi connectivity index (χ0) is 32.9. The van der Waals surface area contributed by atoms with Gasteiger partial charge >= 0.3 is 23.5 Å². The maximum Gasteiger partial charge on any atom is 0.490 e. The molecule has 1 aromatic heterocycles. The number of aliphatic imine (C=N–C) groups is 1. The fourth-order valence-corrected chi connectivity index (χ4v) is 6.61. The van der Waals surface area contributed by atoms with Gasteiger partial charge in [0.2, 0.25) is 5.60 Å². The number of nitrogens with zero attached hydrogens (tertiary/aromatic N) is 2. The molecule has 2 heterocycles. The van der Waals surface area contributed by atoms with E-state index in [-0.39, 0.29) is 17.2 Å². The van der Waals surface area contributed by atoms with Crippen molar-refractivity contribution < 1.29 is 70.9 Å². The Kier molecular flexibility index (Phi) is 12.3. The van der Waals surface area contributed by atoms with E-state index in [2.05, 4.69) is 28.4 Å². The van der Waals surface area contributed by atoms with E-state index >= 15 is 0 Å². The van der Waals surface area contributed by atoms with Gasteiger partial charge in [-0.2, -0.15) is 13.9 Å². The molecule has 242 valence electrons. The van der Waals surface area contributed by atoms with Crippen LogP contribution in [0.5, 0.6) is 0 Å². The Hall–Kier alpha value is -2.17. The van der Waals surface area contributed by atoms with Gasteiger partial charge in [0, 0.05) is 6.61 Å². The summed E-state index contributed by atoms with van der Waals surface area (Å²) in [4.78, 5) is 55.5. The minimum absolute atomic E-state index is 0.0350. The lowest BCUT2D eigenvalue weighted by molar-refractivity contribution is -0.141. The molecule has 1 aliphatic heterocycles. The van der Waals surface area contributed by atoms with Crippen LogP contribution in [0.15, 0.2) is 17.1 Å². The summed E-state index contributed by atoms with van der Waals surface area (Å²) in [6.07, 6.45) is -3.56. The number of aliphatic hydroxyl groups excluding tert-OH is 2. The Morgan fingerprint density at radius 3 is 2.44 bits per heavy atom. The highest BCUT2D eigenvalue weighted by Gasteiger charge is 2.57. The second kappa shape index (κ2) is 14.3. The van der Waals surface area contributed by atoms with E-state index < -0.39 is 65.5 Å². The van der Waals surface area contributed by atoms with Crippen LogP contribution in [0, 0.1) is 16.7 Å². The number of nitriles is 1. The van der Waals surface area contributed by atoms with E-state index in [1.807, 2.05) is 6.92 Å². The molecule has 0 bridgehead atoms. The highest BCUT2D eigenvalue weighted by molar-refractivity contribution is 7.66. The van der Waals surface area contributed by atoms with E-state index in [9.17, 15) is 43.8 Å². The first kappa shape index (κ1) is 37.0. The van der Waals surface area contributed by atoms with E-state index in [0.717, 1.165) is 6.42 Å². The lowest BCUT2D eigenvalue weighted by atomic mass is 9.93. The van der Waals surface area contributed by atoms with Crippen LogP contribution in [0.4, 0.5) is 0 Å². The standard InChI is InChI=1S/C20H32N5O15P3/c1-4-5-8-36-19(2,3)18(28)25-17(23-11-22)12-6-7-14(24-12)20(10-21)16(27)15(26)13(38-20)9-37-42(32,33)40-43(34,35)39-41(29,30)31/h6-7,11,13,15-16,24,26-27H,4-5,8-9H2,1-3H3,(H,32,33)(H,34,35)(H2,29,30,31)(H2,22,23,25,28)/t13-,15-,16-,20+/m1/s1. The first-order chi connectivity index (χ1) is 19.7. The number of phosphoric ester groups is 1. The lowest BCUT2D eigenvalue weighted by Gasteiger charge is -2.25. The van der Waals surface area contributed by atoms with Gasteiger partial charge in [0.25, 0.3) is 5.91 Å². The number of aromatic nitrogens is 1. The summed E-state index contributed by atoms with van der Waals surface area (Å²) < 4.78 is 57.0. The molecular formula is C20H32N5O15P3. The van der Waals surface area contributed by atoms with Crippen molar-refractivity contribution in [2.45, 2.75) is 63.1 Å². The predicted octanol–water partition coefficient (Wildman–Crippen LogP) is 0.263. The van der Waals surface area contributed by atoms with Crippen molar-refractivity contribution in [1.82, 2.24) is 10.3 Å². The van der Waals surface area contributed by atoms with Gasteiger partial charge in [-0.1, -0.05) is 13.3 Å². The van der Waals surface area contributed by atoms with Crippen molar-refractivity contribution >= 4 is 41.5 Å². The van der Waals surface area contributed by atoms with Crippen LogP contribution in [0.25, 0.3) is 0 Å². The normalized spacial score (nSPS) is 25.9. The van der Waals surface area contributed by atoms with Crippen LogP contribution >= 0.6 is 23.5 Å². The van der Waals surface area contributed by atoms with E-state index in [0.29, 0.717) is 19.4 Å². The number of amidine groups is 1. The highest BCUT2D eigenvalue weighted by atomic mass is 31.3. The van der Waals surface area contributed by atoms with Crippen molar-refractivity contribution in [3.8, 4) is 6.07 Å². The Bertz CT molecular complexity index is 1390. The fourth-order valence-electron chi connectivity index (χ4n) is 3.58. The van der Waals surface area contributed by atoms with Crippen LogP contribution < -0.4 is 5.32 Å². The summed E-state index contributed by atoms with van der Waals surface area (Å²) in [5.41, 5.74) is -3.81. The number of H-pyrrole nitrogens is 1. The van der Waals surface area contributed by atoms with Gasteiger partial charge in [0.05, 0.1) is 18.0 Å². The van der Waals surface area contributed by atoms with Crippen LogP contribution in [-0.4, -0.2) is 90.0 Å². The minimum atomic E-state index is -5.82. The molecule has 43 heavy (non-hydrogen) atoms. The minimum Gasteiger partial charge on any atom is -0.387 e. The van der Waals surface area contributed by atoms with Crippen LogP contribution in [0.2, 0.25) is 0 Å². The number of hydrogen-bond donors (Lipinski definition) is 9. The zero-order valence-electron chi connectivity index (χ0n) is 22.9. The number of carbonyl (C=O) groups is 1. The van der Waals surface area contributed by atoms with Gasteiger partial charge < -0.3 is 49.6 Å². The molecule has 1 amide bonds. The van der Waals surface area contributed by atoms with Gasteiger partial charge in [0.1, 0.15) is 36.3 Å². The maximum atomic E-state index is 12.8. The zero-order valence-corrected chi connectivity index (χ0v) is 25.6. The molecule has 1 aromatic rings. The van der Waals surface area contributed by atoms with Gasteiger partial charge in [-0.25, -0.2) is 18.7 Å². The number of unbranched alkanes of at least 4 members (excludes halogenated alkanes) is 1. The number of aromatic amines is 1. The number of aliphatic hydroxyl groups is 2. The quantitative estimate of drug-likeness (QED) is 0.0521. The SMILES string of the molecule is CCCCOC(C)(C)C(=O)NC(=NC=N)c1ccc([C@]2(C#N)O[C@H](COP(=O)(O)OP(=O)(O)OP(=O)(O)O)[C@@H](O)[C@H]2O)[nH]1. The van der Waals surface area contributed by atoms with Crippen LogP contribution in [-0.2, 0) is 46.7 Å². The second-order valence-electron chi connectivity index (χ2n) is 9.38. The van der Waals surface area contributed by atoms with Crippen LogP contribution in [0.3, 0.4) is 0 Å². The van der Waals surface area contributed by atoms with Crippen molar-refractivity contribution in [3.05, 3.63) is 23.5 Å². The molecule has 2 rings (SSSR count). The molecule has 1 aliphatic rings. The number of amides is 1. The lowest BCUT2D eigenvalue weighted by Crippen LogP contribution is -2.47. The largest absolute Gasteiger partial charge is 0.490 e. The highest BCUT2D eigenvalue weighted by Crippen LogP contribution is 2.66. The predicted molar refractivity (Wildman–Crippen MR) is 143 cm³/mol. The van der Waals surface area contributed by atoms with E-state index in [1.165, 1.54) is 26.0 Å². The average Bonchev–Trinajstić information content (AvgIpc) is 3.45. The van der Waals surface area contributed by atoms with Crippen molar-refractivity contribution in [2.24, 2.45) is 4.99 Å². The van der Waals surface area contributed by atoms with Crippen molar-refractivity contribution in [3.63, 3.8) is 0 Å². The number of nitrogens with one attached hydrogen (secondary N) is 3. The number of phosphoric acid groups is 3. The van der Waals surface area contributed by atoms with Crippen molar-refractivity contribution in [1.29, 1.82) is 10.7 Å². The first-order valence-corrected chi connectivity index (χ1v) is 16.7. The molecule has 0 aliphatic carbocycles. The summed E-state index contributed by atoms with van der Waals surface area (Å²) in [5.74, 6) is -0.793. The number of rotatable bonds is 15. The Balaban J connectivity index is 2.23. The second-order valence-corrected chi connectivity index (χ2v) is 13.8. The summed E-state index contributed by atoms with van der Waals surface area (Å²) in [5, 5.41) is 40.9. The molecule has 20 nitrogen and oxygen atoms in total. The topological polar surface area (TPSA) is 324 Å². The van der Waals surface area contributed by atoms with Crippen molar-refractivity contribution in [2.75, 3.05) is 13.2 Å². The summed E-state index contributed by atoms with van der Waals surface area (Å²) in [6.45, 7) is 4.16. The monoisotopic (exact) mass is 675 g/mol. The molecule has 0 saturated carbocycles. The molecular weight excluding hydrogens is 643 g/mol.